The lowest BCUT2D eigenvalue weighted by Gasteiger charge is -2.31. The predicted molar refractivity (Wildman–Crippen MR) is 52.4 cm³/mol. The molecule has 74 valence electrons. The number of aliphatic carboxylic acids is 1. The first kappa shape index (κ1) is 12.0. The van der Waals surface area contributed by atoms with Gasteiger partial charge in [0.1, 0.15) is 5.54 Å². The van der Waals surface area contributed by atoms with Crippen molar-refractivity contribution in [1.29, 1.82) is 0 Å². The Bertz CT molecular complexity index is 215. The number of terminal acetylenes is 1. The minimum Gasteiger partial charge on any atom is -0.480 e. The fourth-order valence-corrected chi connectivity index (χ4v) is 0.861. The summed E-state index contributed by atoms with van der Waals surface area (Å²) in [6.07, 6.45) is 6.63. The molecule has 0 heterocycles. The molecule has 0 fully saturated rings. The summed E-state index contributed by atoms with van der Waals surface area (Å²) < 4.78 is 0. The Morgan fingerprint density at radius 3 is 2.54 bits per heavy atom. The minimum atomic E-state index is -0.811. The zero-order valence-electron chi connectivity index (χ0n) is 8.50. The molecule has 3 nitrogen and oxygen atoms in total. The molecule has 0 spiro atoms. The van der Waals surface area contributed by atoms with E-state index in [2.05, 4.69) is 5.92 Å². The molecule has 0 amide bonds. The first-order valence-electron chi connectivity index (χ1n) is 4.31. The highest BCUT2D eigenvalue weighted by atomic mass is 16.4. The molecule has 0 aliphatic heterocycles. The Balaban J connectivity index is 4.03. The van der Waals surface area contributed by atoms with Crippen molar-refractivity contribution >= 4 is 5.97 Å². The van der Waals surface area contributed by atoms with Crippen LogP contribution in [0.3, 0.4) is 0 Å². The van der Waals surface area contributed by atoms with Gasteiger partial charge in [0.15, 0.2) is 0 Å². The molecular weight excluding hydrogens is 166 g/mol. The SMILES string of the molecule is C#CCCCN(C)C(C)(C)C(=O)O. The number of carbonyl (C=O) groups is 1. The maximum absolute atomic E-state index is 10.8. The topological polar surface area (TPSA) is 40.5 Å². The van der Waals surface area contributed by atoms with E-state index in [1.165, 1.54) is 0 Å². The molecule has 0 saturated carbocycles. The summed E-state index contributed by atoms with van der Waals surface area (Å²) in [5, 5.41) is 8.89. The van der Waals surface area contributed by atoms with Gasteiger partial charge in [-0.2, -0.15) is 0 Å². The van der Waals surface area contributed by atoms with Gasteiger partial charge in [0.2, 0.25) is 0 Å². The summed E-state index contributed by atoms with van der Waals surface area (Å²) in [5.74, 6) is 1.72. The molecule has 0 aliphatic carbocycles. The van der Waals surface area contributed by atoms with E-state index in [1.807, 2.05) is 0 Å². The quantitative estimate of drug-likeness (QED) is 0.514. The normalized spacial score (nSPS) is 11.3. The van der Waals surface area contributed by atoms with Crippen molar-refractivity contribution in [2.45, 2.75) is 32.2 Å². The van der Waals surface area contributed by atoms with E-state index in [4.69, 9.17) is 11.5 Å². The fraction of sp³-hybridized carbons (Fsp3) is 0.700. The van der Waals surface area contributed by atoms with Crippen molar-refractivity contribution in [1.82, 2.24) is 4.90 Å². The van der Waals surface area contributed by atoms with E-state index >= 15 is 0 Å². The highest BCUT2D eigenvalue weighted by molar-refractivity contribution is 5.77. The van der Waals surface area contributed by atoms with Crippen molar-refractivity contribution in [2.24, 2.45) is 0 Å². The number of likely N-dealkylation sites (N-methyl/N-ethyl adjacent to an activating group) is 1. The molecule has 0 aliphatic rings. The third kappa shape index (κ3) is 3.47. The number of nitrogens with zero attached hydrogens (tertiary/aromatic N) is 1. The Hall–Kier alpha value is -1.01. The van der Waals surface area contributed by atoms with Gasteiger partial charge in [0.05, 0.1) is 0 Å². The summed E-state index contributed by atoms with van der Waals surface area (Å²) in [5.41, 5.74) is -0.811. The smallest absolute Gasteiger partial charge is 0.323 e. The molecule has 0 aromatic rings. The Kier molecular flexibility index (Phi) is 4.50. The van der Waals surface area contributed by atoms with Crippen LogP contribution in [0.15, 0.2) is 0 Å². The van der Waals surface area contributed by atoms with Gasteiger partial charge in [-0.25, -0.2) is 0 Å². The van der Waals surface area contributed by atoms with E-state index in [0.29, 0.717) is 13.0 Å². The van der Waals surface area contributed by atoms with Crippen molar-refractivity contribution in [3.8, 4) is 12.3 Å². The zero-order valence-corrected chi connectivity index (χ0v) is 8.50. The molecule has 0 aromatic heterocycles. The van der Waals surface area contributed by atoms with Crippen LogP contribution in [0.4, 0.5) is 0 Å². The number of carboxylic acid groups (broad SMARTS) is 1. The van der Waals surface area contributed by atoms with E-state index < -0.39 is 11.5 Å². The third-order valence-corrected chi connectivity index (χ3v) is 2.29. The number of carboxylic acids is 1. The molecule has 13 heavy (non-hydrogen) atoms. The number of rotatable bonds is 5. The lowest BCUT2D eigenvalue weighted by Crippen LogP contribution is -2.48. The summed E-state index contributed by atoms with van der Waals surface area (Å²) >= 11 is 0. The number of hydrogen-bond donors (Lipinski definition) is 1. The second-order valence-corrected chi connectivity index (χ2v) is 3.59. The average molecular weight is 183 g/mol. The third-order valence-electron chi connectivity index (χ3n) is 2.29. The lowest BCUT2D eigenvalue weighted by molar-refractivity contribution is -0.148. The van der Waals surface area contributed by atoms with E-state index in [1.54, 1.807) is 25.8 Å². The van der Waals surface area contributed by atoms with Crippen molar-refractivity contribution in [3.05, 3.63) is 0 Å². The van der Waals surface area contributed by atoms with E-state index in [-0.39, 0.29) is 0 Å². The van der Waals surface area contributed by atoms with Crippen molar-refractivity contribution < 1.29 is 9.90 Å². The van der Waals surface area contributed by atoms with Gasteiger partial charge < -0.3 is 5.11 Å². The van der Waals surface area contributed by atoms with E-state index in [9.17, 15) is 4.79 Å². The molecule has 0 rings (SSSR count). The minimum absolute atomic E-state index is 0.694. The Labute approximate surface area is 79.7 Å². The molecule has 0 unspecified atom stereocenters. The molecule has 0 radical (unpaired) electrons. The average Bonchev–Trinajstić information content (AvgIpc) is 2.04. The van der Waals surface area contributed by atoms with Crippen LogP contribution < -0.4 is 0 Å². The van der Waals surface area contributed by atoms with Gasteiger partial charge in [-0.1, -0.05) is 0 Å². The fourth-order valence-electron chi connectivity index (χ4n) is 0.861. The van der Waals surface area contributed by atoms with Crippen LogP contribution in [0.5, 0.6) is 0 Å². The molecule has 0 bridgehead atoms. The molecule has 0 saturated heterocycles. The molecule has 0 atom stereocenters. The summed E-state index contributed by atoms with van der Waals surface area (Å²) in [6.45, 7) is 4.08. The van der Waals surface area contributed by atoms with Crippen molar-refractivity contribution in [2.75, 3.05) is 13.6 Å². The zero-order chi connectivity index (χ0) is 10.5. The first-order chi connectivity index (χ1) is 5.92. The largest absolute Gasteiger partial charge is 0.480 e. The number of unbranched alkanes of at least 4 members (excludes halogenated alkanes) is 1. The highest BCUT2D eigenvalue weighted by Gasteiger charge is 2.31. The maximum atomic E-state index is 10.8. The Morgan fingerprint density at radius 1 is 1.62 bits per heavy atom. The van der Waals surface area contributed by atoms with Gasteiger partial charge in [-0.3, -0.25) is 9.69 Å². The van der Waals surface area contributed by atoms with Crippen LogP contribution in [0.1, 0.15) is 26.7 Å². The van der Waals surface area contributed by atoms with Gasteiger partial charge >= 0.3 is 5.97 Å². The first-order valence-corrected chi connectivity index (χ1v) is 4.31. The summed E-state index contributed by atoms with van der Waals surface area (Å²) in [7, 11) is 1.80. The van der Waals surface area contributed by atoms with Crippen LogP contribution in [-0.2, 0) is 4.79 Å². The molecule has 3 heteroatoms. The molecule has 1 N–H and O–H groups in total. The van der Waals surface area contributed by atoms with Crippen LogP contribution in [-0.4, -0.2) is 35.1 Å². The van der Waals surface area contributed by atoms with Crippen molar-refractivity contribution in [3.63, 3.8) is 0 Å². The number of hydrogen-bond acceptors (Lipinski definition) is 2. The van der Waals surface area contributed by atoms with Crippen LogP contribution in [0, 0.1) is 12.3 Å². The van der Waals surface area contributed by atoms with Gasteiger partial charge in [0, 0.05) is 6.42 Å². The summed E-state index contributed by atoms with van der Waals surface area (Å²) in [6, 6.07) is 0. The van der Waals surface area contributed by atoms with Gasteiger partial charge in [-0.05, 0) is 33.9 Å². The van der Waals surface area contributed by atoms with Gasteiger partial charge in [0.25, 0.3) is 0 Å². The molecular formula is C10H17NO2. The van der Waals surface area contributed by atoms with Crippen LogP contribution >= 0.6 is 0 Å². The second-order valence-electron chi connectivity index (χ2n) is 3.59. The Morgan fingerprint density at radius 2 is 2.15 bits per heavy atom. The molecule has 0 aromatic carbocycles. The second kappa shape index (κ2) is 4.88. The highest BCUT2D eigenvalue weighted by Crippen LogP contribution is 2.12. The lowest BCUT2D eigenvalue weighted by atomic mass is 10.0. The standard InChI is InChI=1S/C10H17NO2/c1-5-6-7-8-11(4)10(2,3)9(12)13/h1H,6-8H2,2-4H3,(H,12,13). The predicted octanol–water partition coefficient (Wildman–Crippen LogP) is 1.19. The van der Waals surface area contributed by atoms with E-state index in [0.717, 1.165) is 6.42 Å². The maximum Gasteiger partial charge on any atom is 0.323 e. The van der Waals surface area contributed by atoms with Crippen LogP contribution in [0.2, 0.25) is 0 Å². The van der Waals surface area contributed by atoms with Gasteiger partial charge in [-0.15, -0.1) is 12.3 Å². The summed E-state index contributed by atoms with van der Waals surface area (Å²) in [4.78, 5) is 12.6. The monoisotopic (exact) mass is 183 g/mol. The van der Waals surface area contributed by atoms with Crippen LogP contribution in [0.25, 0.3) is 0 Å².